The molecule has 0 fully saturated rings. The van der Waals surface area contributed by atoms with Crippen LogP contribution in [0.2, 0.25) is 0 Å². The van der Waals surface area contributed by atoms with Crippen molar-refractivity contribution >= 4 is 12.4 Å². The Morgan fingerprint density at radius 2 is 2.02 bits per heavy atom. The fourth-order valence-corrected chi connectivity index (χ4v) is 6.32. The standard InChI is InChI=1S/C35H41F3N2/c1-3-5-8-26(22-39)24-40-23-25-11-18-31(21-36)35(38,20-25)33-19-30(17-12-27(33)4-2)28-13-15-29(16-14-28)32-9-6-7-10-34(32)37/h3,6-7,9,11-13,17-18,22-24,29,33-34,39H,1,4-5,8,10,14-16,19-21H2,2H3/b26-24-,39-22?,40-23?/t29?,33?,34?,35-/m1/s1. The van der Waals surface area contributed by atoms with Gasteiger partial charge in [-0.25, -0.2) is 13.2 Å². The number of nitrogens with zero attached hydrogens (tertiary/aromatic N) is 1. The first kappa shape index (κ1) is 29.8. The second-order valence-electron chi connectivity index (χ2n) is 11.1. The lowest BCUT2D eigenvalue weighted by Gasteiger charge is -2.41. The van der Waals surface area contributed by atoms with E-state index in [9.17, 15) is 8.78 Å². The fraction of sp³-hybridized carbons (Fsp3) is 0.429. The van der Waals surface area contributed by atoms with E-state index in [1.807, 2.05) is 31.2 Å². The van der Waals surface area contributed by atoms with Gasteiger partial charge < -0.3 is 5.41 Å². The highest BCUT2D eigenvalue weighted by molar-refractivity contribution is 5.82. The normalized spacial score (nSPS) is 29.2. The van der Waals surface area contributed by atoms with Crippen LogP contribution < -0.4 is 0 Å². The first-order valence-electron chi connectivity index (χ1n) is 14.5. The van der Waals surface area contributed by atoms with Gasteiger partial charge in [-0.1, -0.05) is 67.2 Å². The van der Waals surface area contributed by atoms with Crippen LogP contribution in [0.3, 0.4) is 0 Å². The van der Waals surface area contributed by atoms with Crippen LogP contribution in [0.15, 0.2) is 111 Å². The van der Waals surface area contributed by atoms with Gasteiger partial charge in [0, 0.05) is 37.4 Å². The first-order chi connectivity index (χ1) is 19.4. The van der Waals surface area contributed by atoms with Crippen molar-refractivity contribution in [3.05, 3.63) is 106 Å². The highest BCUT2D eigenvalue weighted by Gasteiger charge is 2.46. The molecular weight excluding hydrogens is 505 g/mol. The van der Waals surface area contributed by atoms with Crippen LogP contribution in [0.4, 0.5) is 13.2 Å². The lowest BCUT2D eigenvalue weighted by atomic mass is 9.67. The van der Waals surface area contributed by atoms with E-state index in [1.165, 1.54) is 11.8 Å². The van der Waals surface area contributed by atoms with Gasteiger partial charge in [0.15, 0.2) is 0 Å². The van der Waals surface area contributed by atoms with Gasteiger partial charge in [0.1, 0.15) is 18.5 Å². The number of halogens is 3. The minimum Gasteiger partial charge on any atom is -0.308 e. The van der Waals surface area contributed by atoms with Crippen LogP contribution in [-0.2, 0) is 0 Å². The monoisotopic (exact) mass is 546 g/mol. The highest BCUT2D eigenvalue weighted by Crippen LogP contribution is 2.49. The van der Waals surface area contributed by atoms with Crippen molar-refractivity contribution in [1.82, 2.24) is 0 Å². The third-order valence-electron chi connectivity index (χ3n) is 8.70. The third kappa shape index (κ3) is 6.74. The number of alkyl halides is 3. The maximum atomic E-state index is 17.1. The Hall–Kier alpha value is -3.21. The number of nitrogens with one attached hydrogen (secondary N) is 1. The number of hydrogen-bond acceptors (Lipinski definition) is 2. The average Bonchev–Trinajstić information content (AvgIpc) is 2.99. The molecule has 212 valence electrons. The molecule has 0 aromatic carbocycles. The number of rotatable bonds is 11. The minimum atomic E-state index is -1.85. The van der Waals surface area contributed by atoms with Crippen LogP contribution in [0.5, 0.6) is 0 Å². The summed E-state index contributed by atoms with van der Waals surface area (Å²) < 4.78 is 45.8. The maximum absolute atomic E-state index is 17.1. The van der Waals surface area contributed by atoms with Crippen LogP contribution in [0, 0.1) is 17.2 Å². The van der Waals surface area contributed by atoms with Gasteiger partial charge in [0.2, 0.25) is 0 Å². The molecule has 4 aliphatic rings. The van der Waals surface area contributed by atoms with E-state index < -0.39 is 24.4 Å². The zero-order valence-corrected chi connectivity index (χ0v) is 23.5. The molecular formula is C35H41F3N2. The second kappa shape index (κ2) is 13.9. The molecule has 5 heteroatoms. The number of allylic oxidation sites excluding steroid dienone is 16. The third-order valence-corrected chi connectivity index (χ3v) is 8.70. The van der Waals surface area contributed by atoms with Gasteiger partial charge in [-0.15, -0.1) is 6.58 Å². The van der Waals surface area contributed by atoms with Crippen molar-refractivity contribution < 1.29 is 13.2 Å². The Balaban J connectivity index is 1.52. The van der Waals surface area contributed by atoms with E-state index in [0.29, 0.717) is 31.3 Å². The molecule has 4 atom stereocenters. The first-order valence-corrected chi connectivity index (χ1v) is 14.5. The number of hydrogen-bond donors (Lipinski definition) is 1. The molecule has 0 aromatic rings. The van der Waals surface area contributed by atoms with Gasteiger partial charge in [0.25, 0.3) is 0 Å². The zero-order valence-electron chi connectivity index (χ0n) is 23.5. The molecule has 4 rings (SSSR count). The summed E-state index contributed by atoms with van der Waals surface area (Å²) in [5.74, 6) is -0.250. The summed E-state index contributed by atoms with van der Waals surface area (Å²) >= 11 is 0. The summed E-state index contributed by atoms with van der Waals surface area (Å²) in [5, 5.41) is 7.56. The van der Waals surface area contributed by atoms with Gasteiger partial charge in [0.05, 0.1) is 0 Å². The summed E-state index contributed by atoms with van der Waals surface area (Å²) in [7, 11) is 0. The van der Waals surface area contributed by atoms with E-state index in [-0.39, 0.29) is 17.9 Å². The Bertz CT molecular complexity index is 1250. The van der Waals surface area contributed by atoms with Crippen LogP contribution in [0.25, 0.3) is 0 Å². The molecule has 0 aliphatic heterocycles. The molecule has 0 bridgehead atoms. The minimum absolute atomic E-state index is 0.0582. The Kier molecular flexibility index (Phi) is 10.4. The van der Waals surface area contributed by atoms with Crippen molar-refractivity contribution in [3.8, 4) is 0 Å². The van der Waals surface area contributed by atoms with Crippen molar-refractivity contribution in [3.63, 3.8) is 0 Å². The summed E-state index contributed by atoms with van der Waals surface area (Å²) in [6.07, 6.45) is 26.5. The average molecular weight is 547 g/mol. The lowest BCUT2D eigenvalue weighted by Crippen LogP contribution is -2.40. The molecule has 0 spiro atoms. The summed E-state index contributed by atoms with van der Waals surface area (Å²) in [6.45, 7) is 4.91. The molecule has 0 heterocycles. The van der Waals surface area contributed by atoms with Crippen LogP contribution in [-0.4, -0.2) is 30.9 Å². The van der Waals surface area contributed by atoms with E-state index in [0.717, 1.165) is 48.0 Å². The predicted octanol–water partition coefficient (Wildman–Crippen LogP) is 9.72. The Morgan fingerprint density at radius 1 is 1.18 bits per heavy atom. The summed E-state index contributed by atoms with van der Waals surface area (Å²) in [6, 6.07) is 0. The molecule has 1 N–H and O–H groups in total. The molecule has 2 nitrogen and oxygen atoms in total. The smallest absolute Gasteiger partial charge is 0.145 e. The van der Waals surface area contributed by atoms with E-state index in [4.69, 9.17) is 5.41 Å². The molecule has 0 aromatic heterocycles. The molecule has 4 aliphatic carbocycles. The zero-order chi connectivity index (χ0) is 28.5. The molecule has 0 saturated carbocycles. The summed E-state index contributed by atoms with van der Waals surface area (Å²) in [4.78, 5) is 4.36. The quantitative estimate of drug-likeness (QED) is 0.198. The van der Waals surface area contributed by atoms with Crippen molar-refractivity contribution in [1.29, 1.82) is 5.41 Å². The summed E-state index contributed by atoms with van der Waals surface area (Å²) in [5.41, 5.74) is 4.01. The predicted molar refractivity (Wildman–Crippen MR) is 162 cm³/mol. The van der Waals surface area contributed by atoms with E-state index >= 15 is 4.39 Å². The molecule has 0 radical (unpaired) electrons. The van der Waals surface area contributed by atoms with Gasteiger partial charge in [-0.05, 0) is 84.3 Å². The molecule has 3 unspecified atom stereocenters. The van der Waals surface area contributed by atoms with Crippen molar-refractivity contribution in [2.75, 3.05) is 6.67 Å². The van der Waals surface area contributed by atoms with Gasteiger partial charge in [-0.3, -0.25) is 4.99 Å². The maximum Gasteiger partial charge on any atom is 0.145 e. The number of aliphatic imine (C=N–C) groups is 1. The lowest BCUT2D eigenvalue weighted by molar-refractivity contribution is 0.131. The van der Waals surface area contributed by atoms with Crippen LogP contribution >= 0.6 is 0 Å². The molecule has 40 heavy (non-hydrogen) atoms. The van der Waals surface area contributed by atoms with Crippen molar-refractivity contribution in [2.45, 2.75) is 76.6 Å². The topological polar surface area (TPSA) is 36.2 Å². The largest absolute Gasteiger partial charge is 0.308 e. The highest BCUT2D eigenvalue weighted by atomic mass is 19.2. The SMILES string of the molecule is C=CCC/C(C=N)=C/N=CC1=CC=C(CF)[C@@](F)(C2CC(C3=CCC(C4=CC=CCC4F)CC3)=CC=C2CC)C1. The second-order valence-corrected chi connectivity index (χ2v) is 11.1. The van der Waals surface area contributed by atoms with Gasteiger partial charge >= 0.3 is 0 Å². The fourth-order valence-electron chi connectivity index (χ4n) is 6.32. The van der Waals surface area contributed by atoms with E-state index in [2.05, 4.69) is 23.7 Å². The van der Waals surface area contributed by atoms with Gasteiger partial charge in [-0.2, -0.15) is 0 Å². The van der Waals surface area contributed by atoms with Crippen LogP contribution in [0.1, 0.15) is 64.7 Å². The molecule has 0 saturated heterocycles. The Morgan fingerprint density at radius 3 is 2.70 bits per heavy atom. The molecule has 0 amide bonds. The Labute approximate surface area is 237 Å². The van der Waals surface area contributed by atoms with E-state index in [1.54, 1.807) is 30.6 Å². The van der Waals surface area contributed by atoms with Crippen molar-refractivity contribution in [2.24, 2.45) is 16.8 Å².